The van der Waals surface area contributed by atoms with Gasteiger partial charge in [-0.25, -0.2) is 4.79 Å². The second-order valence-electron chi connectivity index (χ2n) is 6.47. The average molecular weight is 383 g/mol. The maximum absolute atomic E-state index is 12.7. The van der Waals surface area contributed by atoms with Gasteiger partial charge in [0.1, 0.15) is 17.8 Å². The van der Waals surface area contributed by atoms with Crippen LogP contribution in [0.15, 0.2) is 18.2 Å². The number of halogens is 1. The first kappa shape index (κ1) is 19.8. The van der Waals surface area contributed by atoms with Gasteiger partial charge in [-0.2, -0.15) is 0 Å². The lowest BCUT2D eigenvalue weighted by molar-refractivity contribution is -0.134. The van der Waals surface area contributed by atoms with Gasteiger partial charge in [-0.1, -0.05) is 19.3 Å². The van der Waals surface area contributed by atoms with Crippen molar-refractivity contribution in [3.05, 3.63) is 18.2 Å². The number of ether oxygens (including phenoxy) is 1. The third-order valence-electron chi connectivity index (χ3n) is 4.79. The molecule has 0 atom stereocenters. The quantitative estimate of drug-likeness (QED) is 0.543. The minimum Gasteiger partial charge on any atom is -0.497 e. The molecule has 3 rings (SSSR count). The van der Waals surface area contributed by atoms with Gasteiger partial charge in [0.25, 0.3) is 5.91 Å². The van der Waals surface area contributed by atoms with E-state index in [1.807, 2.05) is 0 Å². The molecule has 1 aliphatic heterocycles. The molecule has 1 aromatic rings. The Bertz CT molecular complexity index is 719. The van der Waals surface area contributed by atoms with Crippen LogP contribution in [0.1, 0.15) is 32.1 Å². The summed E-state index contributed by atoms with van der Waals surface area (Å²) in [5.74, 6) is -0.261. The van der Waals surface area contributed by atoms with Gasteiger partial charge in [-0.05, 0) is 25.0 Å². The highest BCUT2D eigenvalue weighted by molar-refractivity contribution is 6.10. The molecule has 1 heterocycles. The van der Waals surface area contributed by atoms with Crippen LogP contribution in [-0.4, -0.2) is 41.9 Å². The Balaban J connectivity index is 0.00000243. The fraction of sp³-hybridized carbons (Fsp3) is 0.471. The van der Waals surface area contributed by atoms with Crippen molar-refractivity contribution >= 4 is 41.6 Å². The monoisotopic (exact) mass is 382 g/mol. The van der Waals surface area contributed by atoms with Gasteiger partial charge in [-0.3, -0.25) is 14.5 Å². The molecule has 0 radical (unpaired) electrons. The Kier molecular flexibility index (Phi) is 5.97. The number of imide groups is 1. The summed E-state index contributed by atoms with van der Waals surface area (Å²) in [7, 11) is 1.51. The number of anilines is 2. The molecule has 1 saturated carbocycles. The summed E-state index contributed by atoms with van der Waals surface area (Å²) in [4.78, 5) is 38.1. The fourth-order valence-corrected chi connectivity index (χ4v) is 3.42. The normalized spacial score (nSPS) is 18.3. The van der Waals surface area contributed by atoms with Crippen molar-refractivity contribution in [3.8, 4) is 5.75 Å². The third-order valence-corrected chi connectivity index (χ3v) is 4.79. The van der Waals surface area contributed by atoms with E-state index >= 15 is 0 Å². The average Bonchev–Trinajstić information content (AvgIpc) is 2.81. The summed E-state index contributed by atoms with van der Waals surface area (Å²) >= 11 is 0. The smallest absolute Gasteiger partial charge is 0.325 e. The largest absolute Gasteiger partial charge is 0.497 e. The topological polar surface area (TPSA) is 114 Å². The predicted octanol–water partition coefficient (Wildman–Crippen LogP) is 1.89. The van der Waals surface area contributed by atoms with E-state index in [0.29, 0.717) is 30.0 Å². The lowest BCUT2D eigenvalue weighted by atomic mass is 9.82. The molecule has 4 amide bonds. The van der Waals surface area contributed by atoms with E-state index in [9.17, 15) is 14.4 Å². The number of nitrogens with zero attached hydrogens (tertiary/aromatic N) is 1. The first-order valence-electron chi connectivity index (χ1n) is 8.33. The number of benzene rings is 1. The molecule has 1 spiro atoms. The number of rotatable bonds is 4. The molecule has 0 unspecified atom stereocenters. The minimum atomic E-state index is -0.829. The molecule has 2 aliphatic rings. The van der Waals surface area contributed by atoms with E-state index in [0.717, 1.165) is 24.2 Å². The van der Waals surface area contributed by atoms with Crippen LogP contribution < -0.4 is 21.1 Å². The van der Waals surface area contributed by atoms with Crippen LogP contribution in [0.3, 0.4) is 0 Å². The first-order valence-corrected chi connectivity index (χ1v) is 8.33. The SMILES string of the molecule is COc1ccc(N)c(NC(=O)CN2C(=O)NC3(CCCCC3)C2=O)c1.Cl. The molecular weight excluding hydrogens is 360 g/mol. The first-order chi connectivity index (χ1) is 11.9. The fourth-order valence-electron chi connectivity index (χ4n) is 3.42. The van der Waals surface area contributed by atoms with Crippen molar-refractivity contribution in [1.29, 1.82) is 0 Å². The van der Waals surface area contributed by atoms with Crippen molar-refractivity contribution in [2.75, 3.05) is 24.7 Å². The minimum absolute atomic E-state index is 0. The number of carbonyl (C=O) groups excluding carboxylic acids is 3. The van der Waals surface area contributed by atoms with Crippen molar-refractivity contribution < 1.29 is 19.1 Å². The second kappa shape index (κ2) is 7.82. The van der Waals surface area contributed by atoms with E-state index in [1.165, 1.54) is 7.11 Å². The van der Waals surface area contributed by atoms with E-state index in [-0.39, 0.29) is 24.9 Å². The highest BCUT2D eigenvalue weighted by Gasteiger charge is 2.51. The van der Waals surface area contributed by atoms with E-state index < -0.39 is 17.5 Å². The number of nitrogens with one attached hydrogen (secondary N) is 2. The van der Waals surface area contributed by atoms with Crippen LogP contribution in [-0.2, 0) is 9.59 Å². The van der Waals surface area contributed by atoms with Gasteiger partial charge in [0.15, 0.2) is 0 Å². The lowest BCUT2D eigenvalue weighted by Crippen LogP contribution is -2.48. The number of urea groups is 1. The van der Waals surface area contributed by atoms with Gasteiger partial charge in [0.05, 0.1) is 18.5 Å². The molecular formula is C17H23ClN4O4. The maximum Gasteiger partial charge on any atom is 0.325 e. The standard InChI is InChI=1S/C17H22N4O4.ClH/c1-25-11-5-6-12(18)13(9-11)19-14(22)10-21-15(23)17(20-16(21)24)7-3-2-4-8-17;/h5-6,9H,2-4,7-8,10,18H2,1H3,(H,19,22)(H,20,24);1H. The van der Waals surface area contributed by atoms with Gasteiger partial charge in [-0.15, -0.1) is 12.4 Å². The van der Waals surface area contributed by atoms with Crippen molar-refractivity contribution in [3.63, 3.8) is 0 Å². The van der Waals surface area contributed by atoms with Crippen LogP contribution >= 0.6 is 12.4 Å². The molecule has 9 heteroatoms. The number of amides is 4. The lowest BCUT2D eigenvalue weighted by Gasteiger charge is -2.30. The molecule has 26 heavy (non-hydrogen) atoms. The summed E-state index contributed by atoms with van der Waals surface area (Å²) in [5.41, 5.74) is 5.76. The maximum atomic E-state index is 12.7. The van der Waals surface area contributed by atoms with Gasteiger partial charge < -0.3 is 21.1 Å². The van der Waals surface area contributed by atoms with Crippen LogP contribution in [0.2, 0.25) is 0 Å². The number of hydrogen-bond acceptors (Lipinski definition) is 5. The number of methoxy groups -OCH3 is 1. The van der Waals surface area contributed by atoms with Crippen LogP contribution in [0.25, 0.3) is 0 Å². The molecule has 2 fully saturated rings. The molecule has 0 aromatic heterocycles. The zero-order chi connectivity index (χ0) is 18.0. The Hall–Kier alpha value is -2.48. The molecule has 8 nitrogen and oxygen atoms in total. The number of hydrogen-bond donors (Lipinski definition) is 3. The van der Waals surface area contributed by atoms with Crippen LogP contribution in [0, 0.1) is 0 Å². The molecule has 1 aliphatic carbocycles. The summed E-state index contributed by atoms with van der Waals surface area (Å²) < 4.78 is 5.10. The van der Waals surface area contributed by atoms with Crippen molar-refractivity contribution in [2.45, 2.75) is 37.6 Å². The summed E-state index contributed by atoms with van der Waals surface area (Å²) in [6, 6.07) is 4.36. The van der Waals surface area contributed by atoms with E-state index in [4.69, 9.17) is 10.5 Å². The third kappa shape index (κ3) is 3.70. The number of nitrogens with two attached hydrogens (primary N) is 1. The van der Waals surface area contributed by atoms with Gasteiger partial charge in [0, 0.05) is 6.07 Å². The second-order valence-corrected chi connectivity index (χ2v) is 6.47. The van der Waals surface area contributed by atoms with Gasteiger partial charge >= 0.3 is 6.03 Å². The highest BCUT2D eigenvalue weighted by atomic mass is 35.5. The molecule has 0 bridgehead atoms. The number of nitrogen functional groups attached to an aromatic ring is 1. The molecule has 1 saturated heterocycles. The summed E-state index contributed by atoms with van der Waals surface area (Å²) in [6.07, 6.45) is 4.09. The predicted molar refractivity (Wildman–Crippen MR) is 99.3 cm³/mol. The summed E-state index contributed by atoms with van der Waals surface area (Å²) in [6.45, 7) is -0.344. The Morgan fingerprint density at radius 2 is 2.00 bits per heavy atom. The zero-order valence-electron chi connectivity index (χ0n) is 14.5. The Labute approximate surface area is 157 Å². The summed E-state index contributed by atoms with van der Waals surface area (Å²) in [5, 5.41) is 5.41. The van der Waals surface area contributed by atoms with Crippen molar-refractivity contribution in [1.82, 2.24) is 10.2 Å². The van der Waals surface area contributed by atoms with Crippen LogP contribution in [0.4, 0.5) is 16.2 Å². The van der Waals surface area contributed by atoms with Crippen LogP contribution in [0.5, 0.6) is 5.75 Å². The van der Waals surface area contributed by atoms with E-state index in [1.54, 1.807) is 18.2 Å². The molecule has 4 N–H and O–H groups in total. The van der Waals surface area contributed by atoms with E-state index in [2.05, 4.69) is 10.6 Å². The molecule has 142 valence electrons. The Morgan fingerprint density at radius 1 is 1.31 bits per heavy atom. The van der Waals surface area contributed by atoms with Crippen molar-refractivity contribution in [2.24, 2.45) is 0 Å². The zero-order valence-corrected chi connectivity index (χ0v) is 15.4. The number of carbonyl (C=O) groups is 3. The Morgan fingerprint density at radius 3 is 2.65 bits per heavy atom. The van der Waals surface area contributed by atoms with Gasteiger partial charge in [0.2, 0.25) is 5.91 Å². The highest BCUT2D eigenvalue weighted by Crippen LogP contribution is 2.33. The molecule has 1 aromatic carbocycles.